The highest BCUT2D eigenvalue weighted by Crippen LogP contribution is 2.22. The Kier molecular flexibility index (Phi) is 5.84. The Morgan fingerprint density at radius 1 is 1.25 bits per heavy atom. The largest absolute Gasteiger partial charge is 0.322 e. The van der Waals surface area contributed by atoms with E-state index < -0.39 is 28.3 Å². The maximum atomic E-state index is 13.8. The number of anilines is 2. The van der Waals surface area contributed by atoms with E-state index in [9.17, 15) is 17.6 Å². The van der Waals surface area contributed by atoms with Crippen molar-refractivity contribution in [2.45, 2.75) is 0 Å². The minimum atomic E-state index is -3.71. The molecule has 0 fully saturated rings. The molecule has 9 heteroatoms. The predicted octanol–water partition coefficient (Wildman–Crippen LogP) is 3.65. The maximum absolute atomic E-state index is 13.8. The molecular weight excluding hydrogens is 423 g/mol. The highest BCUT2D eigenvalue weighted by atomic mass is 79.9. The molecule has 0 spiro atoms. The number of carbonyl (C=O) groups excluding carboxylic acids is 1. The number of halogens is 3. The van der Waals surface area contributed by atoms with Gasteiger partial charge in [0.15, 0.2) is 0 Å². The Hall–Kier alpha value is -1.64. The Labute approximate surface area is 152 Å². The Bertz CT molecular complexity index is 860. The lowest BCUT2D eigenvalue weighted by atomic mass is 10.3. The van der Waals surface area contributed by atoms with E-state index in [0.717, 1.165) is 10.6 Å². The van der Waals surface area contributed by atoms with E-state index in [-0.39, 0.29) is 11.4 Å². The lowest BCUT2D eigenvalue weighted by Gasteiger charge is -2.22. The number of hydrogen-bond acceptors (Lipinski definition) is 3. The predicted molar refractivity (Wildman–Crippen MR) is 96.4 cm³/mol. The van der Waals surface area contributed by atoms with E-state index >= 15 is 0 Å². The average Bonchev–Trinajstić information content (AvgIpc) is 2.48. The fraction of sp³-hybridized carbons (Fsp3) is 0.133. The summed E-state index contributed by atoms with van der Waals surface area (Å²) in [6.07, 6.45) is 0.981. The molecule has 0 saturated carbocycles. The number of hydrogen-bond donors (Lipinski definition) is 1. The summed E-state index contributed by atoms with van der Waals surface area (Å²) < 4.78 is 39.1. The Morgan fingerprint density at radius 2 is 1.88 bits per heavy atom. The molecule has 0 heterocycles. The van der Waals surface area contributed by atoms with Crippen molar-refractivity contribution >= 4 is 54.8 Å². The SMILES string of the molecule is CS(=O)(=O)N(CC(=O)Nc1ccc(Br)cc1F)c1ccc(Cl)cc1. The van der Waals surface area contributed by atoms with Gasteiger partial charge in [-0.1, -0.05) is 27.5 Å². The van der Waals surface area contributed by atoms with Crippen LogP contribution in [-0.4, -0.2) is 27.1 Å². The maximum Gasteiger partial charge on any atom is 0.245 e. The molecule has 0 aliphatic heterocycles. The first-order valence-corrected chi connectivity index (χ1v) is 9.67. The van der Waals surface area contributed by atoms with Crippen molar-refractivity contribution in [1.29, 1.82) is 0 Å². The molecule has 1 amide bonds. The molecule has 0 bridgehead atoms. The second-order valence-corrected chi connectivity index (χ2v) is 8.18. The van der Waals surface area contributed by atoms with Crippen molar-refractivity contribution in [3.63, 3.8) is 0 Å². The van der Waals surface area contributed by atoms with Gasteiger partial charge in [0, 0.05) is 9.50 Å². The molecule has 2 aromatic carbocycles. The molecular formula is C15H13BrClFN2O3S. The van der Waals surface area contributed by atoms with Gasteiger partial charge in [0.2, 0.25) is 15.9 Å². The monoisotopic (exact) mass is 434 g/mol. The van der Waals surface area contributed by atoms with Gasteiger partial charge >= 0.3 is 0 Å². The summed E-state index contributed by atoms with van der Waals surface area (Å²) in [5.74, 6) is -1.30. The average molecular weight is 436 g/mol. The van der Waals surface area contributed by atoms with Crippen LogP contribution in [0.5, 0.6) is 0 Å². The second kappa shape index (κ2) is 7.50. The molecule has 2 aromatic rings. The van der Waals surface area contributed by atoms with Crippen LogP contribution in [0.3, 0.4) is 0 Å². The van der Waals surface area contributed by atoms with E-state index in [1.807, 2.05) is 0 Å². The zero-order chi connectivity index (χ0) is 17.9. The van der Waals surface area contributed by atoms with E-state index in [0.29, 0.717) is 9.50 Å². The Balaban J connectivity index is 2.20. The first kappa shape index (κ1) is 18.7. The van der Waals surface area contributed by atoms with Gasteiger partial charge in [-0.3, -0.25) is 9.10 Å². The molecule has 5 nitrogen and oxygen atoms in total. The van der Waals surface area contributed by atoms with Gasteiger partial charge in [-0.2, -0.15) is 0 Å². The number of nitrogens with one attached hydrogen (secondary N) is 1. The van der Waals surface area contributed by atoms with Crippen LogP contribution in [0.2, 0.25) is 5.02 Å². The third kappa shape index (κ3) is 4.93. The molecule has 0 atom stereocenters. The highest BCUT2D eigenvalue weighted by Gasteiger charge is 2.21. The van der Waals surface area contributed by atoms with Crippen molar-refractivity contribution < 1.29 is 17.6 Å². The number of amides is 1. The van der Waals surface area contributed by atoms with Crippen LogP contribution in [0.4, 0.5) is 15.8 Å². The minimum absolute atomic E-state index is 0.0345. The normalized spacial score (nSPS) is 11.2. The van der Waals surface area contributed by atoms with Gasteiger partial charge < -0.3 is 5.32 Å². The van der Waals surface area contributed by atoms with Crippen molar-refractivity contribution in [3.8, 4) is 0 Å². The topological polar surface area (TPSA) is 66.5 Å². The summed E-state index contributed by atoms with van der Waals surface area (Å²) in [4.78, 5) is 12.1. The molecule has 128 valence electrons. The second-order valence-electron chi connectivity index (χ2n) is 4.92. The van der Waals surface area contributed by atoms with Crippen molar-refractivity contribution in [3.05, 3.63) is 57.8 Å². The first-order chi connectivity index (χ1) is 11.2. The van der Waals surface area contributed by atoms with Crippen molar-refractivity contribution in [2.24, 2.45) is 0 Å². The van der Waals surface area contributed by atoms with Gasteiger partial charge in [-0.25, -0.2) is 12.8 Å². The van der Waals surface area contributed by atoms with E-state index in [1.165, 1.54) is 36.4 Å². The summed E-state index contributed by atoms with van der Waals surface area (Å²) in [5, 5.41) is 2.79. The fourth-order valence-corrected chi connectivity index (χ4v) is 3.23. The zero-order valence-corrected chi connectivity index (χ0v) is 15.6. The summed E-state index contributed by atoms with van der Waals surface area (Å²) >= 11 is 8.90. The standard InChI is InChI=1S/C15H13BrClFN2O3S/c1-24(22,23)20(12-5-3-11(17)4-6-12)9-15(21)19-14-7-2-10(16)8-13(14)18/h2-8H,9H2,1H3,(H,19,21). The van der Waals surface area contributed by atoms with Crippen LogP contribution in [0, 0.1) is 5.82 Å². The fourth-order valence-electron chi connectivity index (χ4n) is 1.92. The molecule has 0 unspecified atom stereocenters. The molecule has 2 rings (SSSR count). The summed E-state index contributed by atoms with van der Waals surface area (Å²) in [6, 6.07) is 10.1. The van der Waals surface area contributed by atoms with Crippen LogP contribution in [0.15, 0.2) is 46.9 Å². The summed E-state index contributed by atoms with van der Waals surface area (Å²) in [6.45, 7) is -0.490. The van der Waals surface area contributed by atoms with Crippen LogP contribution in [0.1, 0.15) is 0 Å². The summed E-state index contributed by atoms with van der Waals surface area (Å²) in [5.41, 5.74) is 0.251. The number of nitrogens with zero attached hydrogens (tertiary/aromatic N) is 1. The molecule has 24 heavy (non-hydrogen) atoms. The third-order valence-electron chi connectivity index (χ3n) is 3.01. The van der Waals surface area contributed by atoms with Crippen LogP contribution >= 0.6 is 27.5 Å². The highest BCUT2D eigenvalue weighted by molar-refractivity contribution is 9.10. The number of rotatable bonds is 5. The lowest BCUT2D eigenvalue weighted by molar-refractivity contribution is -0.114. The van der Waals surface area contributed by atoms with E-state index in [2.05, 4.69) is 21.2 Å². The first-order valence-electron chi connectivity index (χ1n) is 6.65. The van der Waals surface area contributed by atoms with E-state index in [4.69, 9.17) is 11.6 Å². The smallest absolute Gasteiger partial charge is 0.245 e. The minimum Gasteiger partial charge on any atom is -0.322 e. The zero-order valence-electron chi connectivity index (χ0n) is 12.5. The van der Waals surface area contributed by atoms with Gasteiger partial charge in [0.1, 0.15) is 12.4 Å². The molecule has 0 aromatic heterocycles. The van der Waals surface area contributed by atoms with Crippen molar-refractivity contribution in [2.75, 3.05) is 22.4 Å². The van der Waals surface area contributed by atoms with Gasteiger partial charge in [-0.05, 0) is 42.5 Å². The number of sulfonamides is 1. The van der Waals surface area contributed by atoms with Crippen molar-refractivity contribution in [1.82, 2.24) is 0 Å². The number of benzene rings is 2. The molecule has 0 aliphatic rings. The van der Waals surface area contributed by atoms with Gasteiger partial charge in [-0.15, -0.1) is 0 Å². The molecule has 1 N–H and O–H groups in total. The Morgan fingerprint density at radius 3 is 2.42 bits per heavy atom. The third-order valence-corrected chi connectivity index (χ3v) is 4.89. The molecule has 0 saturated heterocycles. The van der Waals surface area contributed by atoms with E-state index in [1.54, 1.807) is 6.07 Å². The molecule has 0 aliphatic carbocycles. The molecule has 0 radical (unpaired) electrons. The van der Waals surface area contributed by atoms with Crippen LogP contribution in [-0.2, 0) is 14.8 Å². The summed E-state index contributed by atoms with van der Waals surface area (Å²) in [7, 11) is -3.71. The van der Waals surface area contributed by atoms with Crippen LogP contribution in [0.25, 0.3) is 0 Å². The lowest BCUT2D eigenvalue weighted by Crippen LogP contribution is -2.37. The quantitative estimate of drug-likeness (QED) is 0.780. The van der Waals surface area contributed by atoms with Gasteiger partial charge in [0.25, 0.3) is 0 Å². The number of carbonyl (C=O) groups is 1. The van der Waals surface area contributed by atoms with Gasteiger partial charge in [0.05, 0.1) is 17.6 Å². The van der Waals surface area contributed by atoms with Crippen LogP contribution < -0.4 is 9.62 Å².